The predicted molar refractivity (Wildman–Crippen MR) is 132 cm³/mol. The highest BCUT2D eigenvalue weighted by Gasteiger charge is 2.67. The predicted octanol–water partition coefficient (Wildman–Crippen LogP) is 7.90. The first-order chi connectivity index (χ1) is 16.3. The van der Waals surface area contributed by atoms with E-state index in [1.807, 2.05) is 0 Å². The first kappa shape index (κ1) is 26.3. The molecular formula is C21H11Cl5F3N3O2S. The minimum atomic E-state index is -4.64. The first-order valence-electron chi connectivity index (χ1n) is 9.55. The smallest absolute Gasteiger partial charge is 0.326 e. The van der Waals surface area contributed by atoms with Crippen LogP contribution in [0.2, 0.25) is 15.1 Å². The van der Waals surface area contributed by atoms with Gasteiger partial charge in [-0.2, -0.15) is 13.2 Å². The van der Waals surface area contributed by atoms with Gasteiger partial charge in [0.05, 0.1) is 16.5 Å². The molecule has 0 unspecified atom stereocenters. The molecule has 1 saturated carbocycles. The van der Waals surface area contributed by atoms with Crippen molar-refractivity contribution < 1.29 is 22.8 Å². The number of nitrogens with one attached hydrogen (secondary N) is 2. The third-order valence-electron chi connectivity index (χ3n) is 5.07. The second-order valence-corrected chi connectivity index (χ2v) is 11.1. The van der Waals surface area contributed by atoms with E-state index in [2.05, 4.69) is 15.6 Å². The maximum Gasteiger partial charge on any atom is 0.434 e. The Bertz CT molecular complexity index is 1310. The van der Waals surface area contributed by atoms with Crippen LogP contribution in [-0.4, -0.2) is 21.1 Å². The van der Waals surface area contributed by atoms with Gasteiger partial charge in [0.15, 0.2) is 10.8 Å². The highest BCUT2D eigenvalue weighted by molar-refractivity contribution is 7.14. The SMILES string of the molecule is O=C(Nc1nc(C(F)(F)F)cs1)c1cc(NC(=O)[C@H]2[C@H](c3cc(Cl)cc(Cl)c3)C2(Cl)Cl)ccc1Cl. The lowest BCUT2D eigenvalue weighted by atomic mass is 10.1. The average molecular weight is 604 g/mol. The summed E-state index contributed by atoms with van der Waals surface area (Å²) in [5.41, 5.74) is -0.440. The number of hydrogen-bond donors (Lipinski definition) is 2. The van der Waals surface area contributed by atoms with E-state index >= 15 is 0 Å². The number of halogens is 8. The summed E-state index contributed by atoms with van der Waals surface area (Å²) in [7, 11) is 0. The molecule has 35 heavy (non-hydrogen) atoms. The molecule has 2 atom stereocenters. The molecule has 2 amide bonds. The van der Waals surface area contributed by atoms with Crippen molar-refractivity contribution in [1.82, 2.24) is 4.98 Å². The van der Waals surface area contributed by atoms with E-state index in [4.69, 9.17) is 58.0 Å². The Labute approximate surface area is 225 Å². The van der Waals surface area contributed by atoms with E-state index < -0.39 is 39.9 Å². The summed E-state index contributed by atoms with van der Waals surface area (Å²) in [4.78, 5) is 28.8. The summed E-state index contributed by atoms with van der Waals surface area (Å²) in [6, 6.07) is 8.82. The van der Waals surface area contributed by atoms with Crippen LogP contribution in [0.1, 0.15) is 27.5 Å². The molecule has 3 aromatic rings. The van der Waals surface area contributed by atoms with Gasteiger partial charge in [0.1, 0.15) is 4.33 Å². The number of carbonyl (C=O) groups excluding carboxylic acids is 2. The van der Waals surface area contributed by atoms with Gasteiger partial charge in [0.25, 0.3) is 5.91 Å². The van der Waals surface area contributed by atoms with Gasteiger partial charge < -0.3 is 5.32 Å². The van der Waals surface area contributed by atoms with Gasteiger partial charge in [-0.05, 0) is 42.0 Å². The molecule has 14 heteroatoms. The Morgan fingerprint density at radius 2 is 1.66 bits per heavy atom. The molecule has 1 aliphatic rings. The van der Waals surface area contributed by atoms with E-state index in [1.54, 1.807) is 12.1 Å². The van der Waals surface area contributed by atoms with Crippen molar-refractivity contribution in [3.8, 4) is 0 Å². The topological polar surface area (TPSA) is 71.1 Å². The number of anilines is 2. The fraction of sp³-hybridized carbons (Fsp3) is 0.190. The van der Waals surface area contributed by atoms with Gasteiger partial charge in [-0.1, -0.05) is 34.8 Å². The highest BCUT2D eigenvalue weighted by Crippen LogP contribution is 2.65. The Balaban J connectivity index is 1.49. The van der Waals surface area contributed by atoms with Gasteiger partial charge in [-0.15, -0.1) is 34.5 Å². The zero-order valence-corrected chi connectivity index (χ0v) is 21.5. The lowest BCUT2D eigenvalue weighted by molar-refractivity contribution is -0.140. The molecule has 0 radical (unpaired) electrons. The van der Waals surface area contributed by atoms with Crippen LogP contribution in [0.5, 0.6) is 0 Å². The standard InChI is InChI=1S/C21H11Cl5F3N3O2S/c22-9-3-8(4-10(23)5-9)15-16(20(15,25)26)18(34)30-11-1-2-13(24)12(6-11)17(33)32-19-31-14(7-35-19)21(27,28)29/h1-7,15-16H,(H,30,34)(H,31,32,33)/t15-,16+/m0/s1. The van der Waals surface area contributed by atoms with Crippen molar-refractivity contribution in [3.63, 3.8) is 0 Å². The molecule has 2 aromatic carbocycles. The van der Waals surface area contributed by atoms with Crippen LogP contribution in [0, 0.1) is 5.92 Å². The first-order valence-corrected chi connectivity index (χ1v) is 12.3. The molecule has 5 nitrogen and oxygen atoms in total. The van der Waals surface area contributed by atoms with Crippen molar-refractivity contribution in [1.29, 1.82) is 0 Å². The fourth-order valence-corrected chi connectivity index (χ4v) is 5.73. The minimum Gasteiger partial charge on any atom is -0.326 e. The van der Waals surface area contributed by atoms with Crippen LogP contribution in [-0.2, 0) is 11.0 Å². The minimum absolute atomic E-state index is 0.00926. The number of benzene rings is 2. The third-order valence-corrected chi connectivity index (χ3v) is 7.54. The average Bonchev–Trinajstić information content (AvgIpc) is 3.05. The van der Waals surface area contributed by atoms with Crippen LogP contribution < -0.4 is 10.6 Å². The molecule has 4 rings (SSSR count). The van der Waals surface area contributed by atoms with E-state index in [0.717, 1.165) is 5.38 Å². The molecule has 1 aromatic heterocycles. The van der Waals surface area contributed by atoms with Crippen LogP contribution >= 0.6 is 69.3 Å². The summed E-state index contributed by atoms with van der Waals surface area (Å²) in [5.74, 6) is -2.76. The summed E-state index contributed by atoms with van der Waals surface area (Å²) in [5, 5.41) is 6.13. The van der Waals surface area contributed by atoms with Gasteiger partial charge in [0, 0.05) is 27.0 Å². The number of carbonyl (C=O) groups is 2. The number of hydrogen-bond acceptors (Lipinski definition) is 4. The van der Waals surface area contributed by atoms with E-state index in [1.165, 1.54) is 24.3 Å². The molecule has 2 N–H and O–H groups in total. The van der Waals surface area contributed by atoms with Crippen LogP contribution in [0.3, 0.4) is 0 Å². The largest absolute Gasteiger partial charge is 0.434 e. The van der Waals surface area contributed by atoms with Crippen LogP contribution in [0.4, 0.5) is 24.0 Å². The maximum atomic E-state index is 12.9. The lowest BCUT2D eigenvalue weighted by Crippen LogP contribution is -2.18. The van der Waals surface area contributed by atoms with Gasteiger partial charge in [-0.25, -0.2) is 4.98 Å². The number of thiazole rings is 1. The van der Waals surface area contributed by atoms with Crippen molar-refractivity contribution in [2.75, 3.05) is 10.6 Å². The number of amides is 2. The second-order valence-electron chi connectivity index (χ2n) is 7.51. The Kier molecular flexibility index (Phi) is 7.23. The summed E-state index contributed by atoms with van der Waals surface area (Å²) in [6.07, 6.45) is -4.64. The Morgan fingerprint density at radius 3 is 2.26 bits per heavy atom. The summed E-state index contributed by atoms with van der Waals surface area (Å²) >= 11 is 31.5. The van der Waals surface area contributed by atoms with Crippen molar-refractivity contribution in [2.45, 2.75) is 16.4 Å². The van der Waals surface area contributed by atoms with Crippen molar-refractivity contribution >= 4 is 92.0 Å². The van der Waals surface area contributed by atoms with Gasteiger partial charge >= 0.3 is 6.18 Å². The molecule has 0 saturated heterocycles. The van der Waals surface area contributed by atoms with E-state index in [9.17, 15) is 22.8 Å². The molecule has 0 aliphatic heterocycles. The number of rotatable bonds is 5. The molecule has 1 fully saturated rings. The quantitative estimate of drug-likeness (QED) is 0.291. The van der Waals surface area contributed by atoms with Crippen LogP contribution in [0.25, 0.3) is 0 Å². The zero-order valence-electron chi connectivity index (χ0n) is 16.9. The second kappa shape index (κ2) is 9.61. The summed E-state index contributed by atoms with van der Waals surface area (Å²) in [6.45, 7) is 0. The number of aromatic nitrogens is 1. The molecular weight excluding hydrogens is 593 g/mol. The molecule has 1 aliphatic carbocycles. The third kappa shape index (κ3) is 5.65. The highest BCUT2D eigenvalue weighted by atomic mass is 35.5. The van der Waals surface area contributed by atoms with Gasteiger partial charge in [-0.3, -0.25) is 14.9 Å². The maximum absolute atomic E-state index is 12.9. The van der Waals surface area contributed by atoms with E-state index in [0.29, 0.717) is 26.9 Å². The fourth-order valence-electron chi connectivity index (χ4n) is 3.45. The van der Waals surface area contributed by atoms with E-state index in [-0.39, 0.29) is 21.4 Å². The normalized spacial score (nSPS) is 18.7. The molecule has 184 valence electrons. The molecule has 0 spiro atoms. The zero-order chi connectivity index (χ0) is 25.7. The summed E-state index contributed by atoms with van der Waals surface area (Å²) < 4.78 is 36.8. The van der Waals surface area contributed by atoms with Crippen LogP contribution in [0.15, 0.2) is 41.8 Å². The van der Waals surface area contributed by atoms with Crippen molar-refractivity contribution in [3.05, 3.63) is 73.7 Å². The van der Waals surface area contributed by atoms with Gasteiger partial charge in [0.2, 0.25) is 5.91 Å². The molecule has 1 heterocycles. The monoisotopic (exact) mass is 601 g/mol. The number of alkyl halides is 5. The van der Waals surface area contributed by atoms with Crippen molar-refractivity contribution in [2.24, 2.45) is 5.92 Å². The number of nitrogens with zero attached hydrogens (tertiary/aromatic N) is 1. The Morgan fingerprint density at radius 1 is 1.00 bits per heavy atom. The molecule has 0 bridgehead atoms. The lowest BCUT2D eigenvalue weighted by Gasteiger charge is -2.09. The Hall–Kier alpha value is -1.75.